The van der Waals surface area contributed by atoms with Gasteiger partial charge < -0.3 is 13.9 Å². The quantitative estimate of drug-likeness (QED) is 0.117. The minimum absolute atomic E-state index is 0.179. The van der Waals surface area contributed by atoms with Crippen molar-refractivity contribution in [3.05, 3.63) is 110 Å². The van der Waals surface area contributed by atoms with E-state index >= 15 is 0 Å². The number of carbonyl (C=O) groups is 1. The molecule has 0 atom stereocenters. The molecule has 2 aromatic heterocycles. The Bertz CT molecular complexity index is 1820. The zero-order chi connectivity index (χ0) is 27.4. The largest absolute Gasteiger partial charge is 0.493 e. The lowest BCUT2D eigenvalue weighted by Crippen LogP contribution is -2.12. The smallest absolute Gasteiger partial charge is 0.345 e. The highest BCUT2D eigenvalue weighted by atomic mass is 35.5. The van der Waals surface area contributed by atoms with E-state index in [1.807, 2.05) is 12.1 Å². The van der Waals surface area contributed by atoms with Crippen LogP contribution in [0.5, 0.6) is 11.5 Å². The van der Waals surface area contributed by atoms with Gasteiger partial charge in [-0.3, -0.25) is 4.79 Å². The Morgan fingerprint density at radius 3 is 2.67 bits per heavy atom. The number of methoxy groups -OCH3 is 1. The van der Waals surface area contributed by atoms with E-state index < -0.39 is 5.63 Å². The molecule has 0 amide bonds. The van der Waals surface area contributed by atoms with Crippen molar-refractivity contribution in [3.8, 4) is 28.8 Å². The number of Topliss-reactive ketones (excluding diaryl/α,β-unsaturated/α-hetero) is 1. The van der Waals surface area contributed by atoms with Crippen molar-refractivity contribution in [1.82, 2.24) is 4.98 Å². The summed E-state index contributed by atoms with van der Waals surface area (Å²) < 4.78 is 16.6. The van der Waals surface area contributed by atoms with Crippen molar-refractivity contribution >= 4 is 51.3 Å². The maximum absolute atomic E-state index is 12.5. The second-order valence-electron chi connectivity index (χ2n) is 8.32. The third kappa shape index (κ3) is 5.75. The summed E-state index contributed by atoms with van der Waals surface area (Å²) >= 11 is 7.13. The summed E-state index contributed by atoms with van der Waals surface area (Å²) in [6.07, 6.45) is 1.66. The van der Waals surface area contributed by atoms with Gasteiger partial charge in [0.25, 0.3) is 0 Å². The Balaban J connectivity index is 1.36. The number of hydrogen-bond acceptors (Lipinski definition) is 8. The van der Waals surface area contributed by atoms with Gasteiger partial charge in [-0.1, -0.05) is 35.9 Å². The van der Waals surface area contributed by atoms with Crippen LogP contribution in [-0.4, -0.2) is 24.5 Å². The highest BCUT2D eigenvalue weighted by molar-refractivity contribution is 7.11. The Morgan fingerprint density at radius 2 is 1.90 bits per heavy atom. The monoisotopic (exact) mass is 554 g/mol. The molecule has 0 aliphatic heterocycles. The molecule has 0 aliphatic carbocycles. The number of nitriles is 1. The fourth-order valence-corrected chi connectivity index (χ4v) is 4.74. The van der Waals surface area contributed by atoms with Crippen LogP contribution in [0.3, 0.4) is 0 Å². The van der Waals surface area contributed by atoms with E-state index in [9.17, 15) is 14.9 Å². The summed E-state index contributed by atoms with van der Waals surface area (Å²) in [5, 5.41) is 13.3. The first-order valence-corrected chi connectivity index (χ1v) is 12.9. The molecule has 39 heavy (non-hydrogen) atoms. The van der Waals surface area contributed by atoms with E-state index in [2.05, 4.69) is 11.1 Å². The molecule has 0 N–H and O–H groups in total. The molecule has 0 bridgehead atoms. The van der Waals surface area contributed by atoms with Crippen LogP contribution in [0.15, 0.2) is 87.4 Å². The van der Waals surface area contributed by atoms with Gasteiger partial charge in [-0.2, -0.15) is 5.26 Å². The van der Waals surface area contributed by atoms with E-state index in [0.717, 1.165) is 5.39 Å². The first kappa shape index (κ1) is 25.9. The third-order valence-corrected chi connectivity index (χ3v) is 6.92. The molecule has 2 heterocycles. The van der Waals surface area contributed by atoms with Gasteiger partial charge in [-0.15, -0.1) is 11.3 Å². The van der Waals surface area contributed by atoms with Crippen molar-refractivity contribution in [3.63, 3.8) is 0 Å². The number of para-hydroxylation sites is 1. The van der Waals surface area contributed by atoms with Gasteiger partial charge in [0, 0.05) is 21.4 Å². The van der Waals surface area contributed by atoms with Crippen LogP contribution in [0, 0.1) is 11.3 Å². The second-order valence-corrected chi connectivity index (χ2v) is 9.62. The van der Waals surface area contributed by atoms with Gasteiger partial charge in [-0.25, -0.2) is 9.78 Å². The fourth-order valence-electron chi connectivity index (χ4n) is 3.83. The summed E-state index contributed by atoms with van der Waals surface area (Å²) in [6.45, 7) is -0.179. The van der Waals surface area contributed by atoms with Gasteiger partial charge in [0.15, 0.2) is 23.9 Å². The Morgan fingerprint density at radius 1 is 1.10 bits per heavy atom. The molecular weight excluding hydrogens is 536 g/mol. The Kier molecular flexibility index (Phi) is 7.55. The zero-order valence-electron chi connectivity index (χ0n) is 20.5. The maximum atomic E-state index is 12.5. The molecule has 3 aromatic carbocycles. The van der Waals surface area contributed by atoms with Gasteiger partial charge >= 0.3 is 5.63 Å². The average Bonchev–Trinajstić information content (AvgIpc) is 3.44. The number of carbonyl (C=O) groups excluding carboxylic acids is 1. The lowest BCUT2D eigenvalue weighted by molar-refractivity contribution is 0.0919. The molecule has 7 nitrogen and oxygen atoms in total. The summed E-state index contributed by atoms with van der Waals surface area (Å²) in [6, 6.07) is 22.8. The first-order valence-electron chi connectivity index (χ1n) is 11.7. The molecule has 0 aliphatic rings. The van der Waals surface area contributed by atoms with E-state index in [0.29, 0.717) is 55.1 Å². The van der Waals surface area contributed by atoms with E-state index in [1.54, 1.807) is 72.1 Å². The minimum atomic E-state index is -0.497. The molecule has 5 rings (SSSR count). The number of halogens is 1. The number of thiazole rings is 1. The molecule has 0 fully saturated rings. The molecule has 0 saturated heterocycles. The SMILES string of the molecule is COc1cc(C=C(C#N)c2nc(-c3cc4ccccc4oc3=O)cs2)ccc1OCC(=O)c1ccc(Cl)cc1. The highest BCUT2D eigenvalue weighted by Gasteiger charge is 2.15. The molecule has 0 radical (unpaired) electrons. The normalized spacial score (nSPS) is 11.3. The van der Waals surface area contributed by atoms with E-state index in [-0.39, 0.29) is 12.4 Å². The summed E-state index contributed by atoms with van der Waals surface area (Å²) in [7, 11) is 1.49. The molecule has 0 unspecified atom stereocenters. The van der Waals surface area contributed by atoms with E-state index in [1.165, 1.54) is 18.4 Å². The molecule has 9 heteroatoms. The van der Waals surface area contributed by atoms with Crippen molar-refractivity contribution < 1.29 is 18.7 Å². The lowest BCUT2D eigenvalue weighted by Gasteiger charge is -2.11. The highest BCUT2D eigenvalue weighted by Crippen LogP contribution is 2.31. The lowest BCUT2D eigenvalue weighted by atomic mass is 10.1. The van der Waals surface area contributed by atoms with Crippen LogP contribution >= 0.6 is 22.9 Å². The Hall–Kier alpha value is -4.71. The number of allylic oxidation sites excluding steroid dienone is 1. The van der Waals surface area contributed by atoms with Crippen molar-refractivity contribution in [2.45, 2.75) is 0 Å². The predicted octanol–water partition coefficient (Wildman–Crippen LogP) is 6.90. The molecule has 0 spiro atoms. The van der Waals surface area contributed by atoms with Crippen LogP contribution < -0.4 is 15.1 Å². The molecule has 192 valence electrons. The number of hydrogen-bond donors (Lipinski definition) is 0. The average molecular weight is 555 g/mol. The van der Waals surface area contributed by atoms with Gasteiger partial charge in [0.05, 0.1) is 23.9 Å². The van der Waals surface area contributed by atoms with Gasteiger partial charge in [0.1, 0.15) is 16.7 Å². The van der Waals surface area contributed by atoms with Gasteiger partial charge in [0.2, 0.25) is 0 Å². The number of aromatic nitrogens is 1. The minimum Gasteiger partial charge on any atom is -0.493 e. The predicted molar refractivity (Wildman–Crippen MR) is 151 cm³/mol. The fraction of sp³-hybridized carbons (Fsp3) is 0.0667. The molecule has 0 saturated carbocycles. The van der Waals surface area contributed by atoms with Crippen LogP contribution in [0.4, 0.5) is 0 Å². The van der Waals surface area contributed by atoms with Crippen molar-refractivity contribution in [2.75, 3.05) is 13.7 Å². The van der Waals surface area contributed by atoms with Crippen LogP contribution in [0.1, 0.15) is 20.9 Å². The van der Waals surface area contributed by atoms with Crippen LogP contribution in [-0.2, 0) is 0 Å². The standard InChI is InChI=1S/C30H19ClN2O5S/c1-36-28-13-18(6-11-27(28)37-16-25(34)19-7-9-22(31)10-8-19)12-21(15-32)29-33-24(17-39-29)23-14-20-4-2-3-5-26(20)38-30(23)35/h2-14,17H,16H2,1H3. The molecule has 5 aromatic rings. The summed E-state index contributed by atoms with van der Waals surface area (Å²) in [5.74, 6) is 0.582. The van der Waals surface area contributed by atoms with Crippen LogP contribution in [0.25, 0.3) is 33.9 Å². The zero-order valence-corrected chi connectivity index (χ0v) is 22.1. The van der Waals surface area contributed by atoms with E-state index in [4.69, 9.17) is 25.5 Å². The number of fused-ring (bicyclic) bond motifs is 1. The number of ether oxygens (including phenoxy) is 2. The molecular formula is C30H19ClN2O5S. The number of rotatable bonds is 8. The third-order valence-electron chi connectivity index (χ3n) is 5.80. The van der Waals surface area contributed by atoms with Crippen LogP contribution in [0.2, 0.25) is 5.02 Å². The first-order chi connectivity index (χ1) is 18.9. The Labute approximate surface area is 232 Å². The number of ketones is 1. The maximum Gasteiger partial charge on any atom is 0.345 e. The van der Waals surface area contributed by atoms with Crippen molar-refractivity contribution in [1.29, 1.82) is 5.26 Å². The summed E-state index contributed by atoms with van der Waals surface area (Å²) in [5.41, 5.74) is 2.22. The topological polar surface area (TPSA) is 102 Å². The summed E-state index contributed by atoms with van der Waals surface area (Å²) in [4.78, 5) is 29.5. The number of benzene rings is 3. The number of nitrogens with zero attached hydrogens (tertiary/aromatic N) is 2. The second kappa shape index (κ2) is 11.4. The van der Waals surface area contributed by atoms with Crippen molar-refractivity contribution in [2.24, 2.45) is 0 Å². The van der Waals surface area contributed by atoms with Gasteiger partial charge in [-0.05, 0) is 60.2 Å².